The Labute approximate surface area is 157 Å². The molecule has 0 saturated carbocycles. The van der Waals surface area contributed by atoms with Crippen molar-refractivity contribution in [2.24, 2.45) is 0 Å². The van der Waals surface area contributed by atoms with Gasteiger partial charge in [-0.05, 0) is 23.8 Å². The molecule has 0 N–H and O–H groups in total. The van der Waals surface area contributed by atoms with Crippen molar-refractivity contribution in [2.45, 2.75) is 12.7 Å². The molecule has 0 bridgehead atoms. The van der Waals surface area contributed by atoms with Crippen LogP contribution in [0.2, 0.25) is 0 Å². The van der Waals surface area contributed by atoms with E-state index in [9.17, 15) is 18.0 Å². The van der Waals surface area contributed by atoms with E-state index in [1.54, 1.807) is 25.3 Å². The van der Waals surface area contributed by atoms with Gasteiger partial charge in [-0.25, -0.2) is 14.6 Å². The summed E-state index contributed by atoms with van der Waals surface area (Å²) in [7, 11) is 1.55. The SMILES string of the molecule is COc1cccc(Cn2nc(-c3cnc(OCC(F)(F)F)nc3)ccc2=O)c1. The first-order chi connectivity index (χ1) is 13.3. The Bertz CT molecular complexity index is 1000. The average molecular weight is 392 g/mol. The predicted molar refractivity (Wildman–Crippen MR) is 93.2 cm³/mol. The van der Waals surface area contributed by atoms with E-state index in [-0.39, 0.29) is 12.1 Å². The summed E-state index contributed by atoms with van der Waals surface area (Å²) >= 11 is 0. The number of nitrogens with zero attached hydrogens (tertiary/aromatic N) is 4. The summed E-state index contributed by atoms with van der Waals surface area (Å²) < 4.78 is 47.4. The molecule has 2 heterocycles. The molecule has 0 aliphatic heterocycles. The van der Waals surface area contributed by atoms with E-state index in [4.69, 9.17) is 4.74 Å². The number of hydrogen-bond donors (Lipinski definition) is 0. The van der Waals surface area contributed by atoms with Gasteiger partial charge in [0.25, 0.3) is 5.56 Å². The molecule has 7 nitrogen and oxygen atoms in total. The molecule has 0 unspecified atom stereocenters. The molecule has 2 aromatic heterocycles. The highest BCUT2D eigenvalue weighted by Gasteiger charge is 2.28. The minimum Gasteiger partial charge on any atom is -0.497 e. The standard InChI is InChI=1S/C18H15F3N4O3/c1-27-14-4-2-3-12(7-14)10-25-16(26)6-5-15(24-25)13-8-22-17(23-9-13)28-11-18(19,20)21/h2-9H,10-11H2,1H3. The Morgan fingerprint density at radius 2 is 1.86 bits per heavy atom. The molecule has 28 heavy (non-hydrogen) atoms. The van der Waals surface area contributed by atoms with Crippen LogP contribution in [0.3, 0.4) is 0 Å². The third-order valence-electron chi connectivity index (χ3n) is 3.62. The Morgan fingerprint density at radius 3 is 2.54 bits per heavy atom. The zero-order chi connectivity index (χ0) is 20.1. The molecule has 10 heteroatoms. The van der Waals surface area contributed by atoms with Crippen LogP contribution in [0.4, 0.5) is 13.2 Å². The predicted octanol–water partition coefficient (Wildman–Crippen LogP) is 2.70. The van der Waals surface area contributed by atoms with Crippen molar-refractivity contribution in [3.8, 4) is 23.0 Å². The second-order valence-corrected chi connectivity index (χ2v) is 5.72. The van der Waals surface area contributed by atoms with Gasteiger partial charge in [-0.15, -0.1) is 0 Å². The Morgan fingerprint density at radius 1 is 1.11 bits per heavy atom. The third-order valence-corrected chi connectivity index (χ3v) is 3.62. The number of hydrogen-bond acceptors (Lipinski definition) is 6. The first-order valence-corrected chi connectivity index (χ1v) is 8.07. The van der Waals surface area contributed by atoms with Gasteiger partial charge in [0.1, 0.15) is 5.75 Å². The van der Waals surface area contributed by atoms with Crippen LogP contribution in [0.25, 0.3) is 11.3 Å². The van der Waals surface area contributed by atoms with Gasteiger partial charge in [-0.3, -0.25) is 4.79 Å². The maximum Gasteiger partial charge on any atom is 0.422 e. The molecule has 0 radical (unpaired) electrons. The molecule has 0 saturated heterocycles. The molecule has 0 amide bonds. The number of benzene rings is 1. The minimum absolute atomic E-state index is 0.220. The largest absolute Gasteiger partial charge is 0.497 e. The summed E-state index contributed by atoms with van der Waals surface area (Å²) in [6.07, 6.45) is -1.91. The van der Waals surface area contributed by atoms with Crippen LogP contribution in [0.15, 0.2) is 53.6 Å². The lowest BCUT2D eigenvalue weighted by atomic mass is 10.2. The fraction of sp³-hybridized carbons (Fsp3) is 0.222. The van der Waals surface area contributed by atoms with Crippen LogP contribution in [-0.4, -0.2) is 39.6 Å². The number of ether oxygens (including phenoxy) is 2. The summed E-state index contributed by atoms with van der Waals surface area (Å²) in [4.78, 5) is 19.6. The Hall–Kier alpha value is -3.43. The Kier molecular flexibility index (Phi) is 5.57. The van der Waals surface area contributed by atoms with Crippen LogP contribution in [0.5, 0.6) is 11.8 Å². The smallest absolute Gasteiger partial charge is 0.422 e. The lowest BCUT2D eigenvalue weighted by Gasteiger charge is -2.09. The molecule has 0 aliphatic carbocycles. The molecule has 0 fully saturated rings. The van der Waals surface area contributed by atoms with Crippen molar-refractivity contribution in [2.75, 3.05) is 13.7 Å². The van der Waals surface area contributed by atoms with Gasteiger partial charge in [-0.2, -0.15) is 18.3 Å². The van der Waals surface area contributed by atoms with Gasteiger partial charge in [0.05, 0.1) is 19.3 Å². The van der Waals surface area contributed by atoms with Crippen LogP contribution in [0, 0.1) is 0 Å². The zero-order valence-electron chi connectivity index (χ0n) is 14.7. The first-order valence-electron chi connectivity index (χ1n) is 8.07. The van der Waals surface area contributed by atoms with Gasteiger partial charge >= 0.3 is 12.2 Å². The summed E-state index contributed by atoms with van der Waals surface area (Å²) in [5, 5.41) is 4.27. The van der Waals surface area contributed by atoms with Gasteiger partial charge < -0.3 is 9.47 Å². The van der Waals surface area contributed by atoms with Crippen molar-refractivity contribution < 1.29 is 22.6 Å². The van der Waals surface area contributed by atoms with Crippen LogP contribution < -0.4 is 15.0 Å². The fourth-order valence-electron chi connectivity index (χ4n) is 2.33. The third kappa shape index (κ3) is 5.06. The maximum absolute atomic E-state index is 12.2. The van der Waals surface area contributed by atoms with E-state index >= 15 is 0 Å². The second kappa shape index (κ2) is 8.07. The molecular weight excluding hydrogens is 377 g/mol. The van der Waals surface area contributed by atoms with E-state index in [2.05, 4.69) is 19.8 Å². The second-order valence-electron chi connectivity index (χ2n) is 5.72. The van der Waals surface area contributed by atoms with Crippen LogP contribution >= 0.6 is 0 Å². The first kappa shape index (κ1) is 19.3. The highest BCUT2D eigenvalue weighted by molar-refractivity contribution is 5.55. The molecule has 0 spiro atoms. The molecule has 1 aromatic carbocycles. The van der Waals surface area contributed by atoms with Gasteiger partial charge in [0, 0.05) is 24.0 Å². The van der Waals surface area contributed by atoms with Crippen molar-refractivity contribution in [1.82, 2.24) is 19.7 Å². The van der Waals surface area contributed by atoms with Crippen LogP contribution in [0.1, 0.15) is 5.56 Å². The highest BCUT2D eigenvalue weighted by atomic mass is 19.4. The fourth-order valence-corrected chi connectivity index (χ4v) is 2.33. The summed E-state index contributed by atoms with van der Waals surface area (Å²) in [5.41, 5.74) is 1.33. The average Bonchev–Trinajstić information content (AvgIpc) is 2.68. The van der Waals surface area contributed by atoms with E-state index in [1.807, 2.05) is 6.07 Å². The topological polar surface area (TPSA) is 79.1 Å². The van der Waals surface area contributed by atoms with Gasteiger partial charge in [-0.1, -0.05) is 12.1 Å². The number of rotatable bonds is 6. The van der Waals surface area contributed by atoms with Crippen molar-refractivity contribution >= 4 is 0 Å². The molecule has 3 rings (SSSR count). The normalized spacial score (nSPS) is 11.3. The summed E-state index contributed by atoms with van der Waals surface area (Å²) in [6.45, 7) is -1.26. The van der Waals surface area contributed by atoms with Crippen LogP contribution in [-0.2, 0) is 6.54 Å². The lowest BCUT2D eigenvalue weighted by molar-refractivity contribution is -0.154. The number of aromatic nitrogens is 4. The summed E-state index contributed by atoms with van der Waals surface area (Å²) in [6, 6.07) is 9.64. The molecular formula is C18H15F3N4O3. The van der Waals surface area contributed by atoms with E-state index in [0.717, 1.165) is 5.56 Å². The number of halogens is 3. The molecule has 146 valence electrons. The number of methoxy groups -OCH3 is 1. The van der Waals surface area contributed by atoms with Crippen molar-refractivity contribution in [1.29, 1.82) is 0 Å². The van der Waals surface area contributed by atoms with E-state index in [0.29, 0.717) is 17.0 Å². The monoisotopic (exact) mass is 392 g/mol. The Balaban J connectivity index is 1.79. The molecule has 0 aliphatic rings. The molecule has 0 atom stereocenters. The summed E-state index contributed by atoms with van der Waals surface area (Å²) in [5.74, 6) is 0.657. The lowest BCUT2D eigenvalue weighted by Crippen LogP contribution is -2.23. The van der Waals surface area contributed by atoms with Crippen molar-refractivity contribution in [3.63, 3.8) is 0 Å². The quantitative estimate of drug-likeness (QED) is 0.642. The maximum atomic E-state index is 12.2. The number of alkyl halides is 3. The molecule has 3 aromatic rings. The highest BCUT2D eigenvalue weighted by Crippen LogP contribution is 2.18. The van der Waals surface area contributed by atoms with Gasteiger partial charge in [0.15, 0.2) is 6.61 Å². The van der Waals surface area contributed by atoms with E-state index in [1.165, 1.54) is 29.2 Å². The van der Waals surface area contributed by atoms with E-state index < -0.39 is 18.8 Å². The van der Waals surface area contributed by atoms with Gasteiger partial charge in [0.2, 0.25) is 0 Å². The minimum atomic E-state index is -4.47. The van der Waals surface area contributed by atoms with Crippen molar-refractivity contribution in [3.05, 3.63) is 64.7 Å². The zero-order valence-corrected chi connectivity index (χ0v) is 14.7.